The van der Waals surface area contributed by atoms with Crippen LogP contribution in [-0.4, -0.2) is 30.6 Å². The van der Waals surface area contributed by atoms with Crippen molar-refractivity contribution < 1.29 is 14.3 Å². The lowest BCUT2D eigenvalue weighted by Crippen LogP contribution is -2.36. The first-order chi connectivity index (χ1) is 7.70. The van der Waals surface area contributed by atoms with Gasteiger partial charge in [-0.3, -0.25) is 4.79 Å². The first-order valence-corrected chi connectivity index (χ1v) is 5.67. The summed E-state index contributed by atoms with van der Waals surface area (Å²) in [5.74, 6) is 1.41. The zero-order chi connectivity index (χ0) is 11.5. The lowest BCUT2D eigenvalue weighted by Gasteiger charge is -2.31. The monoisotopic (exact) mass is 223 g/mol. The molecule has 0 radical (unpaired) electrons. The van der Waals surface area contributed by atoms with Crippen molar-refractivity contribution in [2.24, 2.45) is 5.92 Å². The fourth-order valence-corrected chi connectivity index (χ4v) is 2.10. The summed E-state index contributed by atoms with van der Waals surface area (Å²) in [6.45, 7) is 3.45. The van der Waals surface area contributed by atoms with E-state index in [-0.39, 0.29) is 12.4 Å². The van der Waals surface area contributed by atoms with E-state index in [1.807, 2.05) is 6.07 Å². The van der Waals surface area contributed by atoms with Crippen LogP contribution >= 0.6 is 0 Å². The van der Waals surface area contributed by atoms with E-state index in [1.54, 1.807) is 6.07 Å². The molecular formula is C12H17NO3. The predicted molar refractivity (Wildman–Crippen MR) is 60.7 cm³/mol. The highest BCUT2D eigenvalue weighted by atomic mass is 16.4. The molecule has 1 atom stereocenters. The van der Waals surface area contributed by atoms with E-state index in [0.29, 0.717) is 11.7 Å². The fourth-order valence-electron chi connectivity index (χ4n) is 2.10. The Morgan fingerprint density at radius 1 is 1.62 bits per heavy atom. The molecule has 1 aliphatic rings. The topological polar surface area (TPSA) is 53.7 Å². The predicted octanol–water partition coefficient (Wildman–Crippen LogP) is 1.69. The van der Waals surface area contributed by atoms with Crippen molar-refractivity contribution in [2.45, 2.75) is 19.8 Å². The number of aliphatic hydroxyl groups excluding tert-OH is 1. The maximum atomic E-state index is 11.1. The average Bonchev–Trinajstić information content (AvgIpc) is 2.78. The number of aliphatic hydroxyl groups is 1. The number of anilines is 1. The molecule has 16 heavy (non-hydrogen) atoms. The number of carbonyl (C=O) groups excluding carboxylic acids is 1. The second-order valence-electron chi connectivity index (χ2n) is 4.33. The molecule has 0 saturated carbocycles. The van der Waals surface area contributed by atoms with Crippen LogP contribution in [0.2, 0.25) is 0 Å². The SMILES string of the molecule is CC(=O)c1ccc(N2CCCC(CO)C2)o1. The number of nitrogens with zero attached hydrogens (tertiary/aromatic N) is 1. The normalized spacial score (nSPS) is 21.1. The molecule has 0 amide bonds. The van der Waals surface area contributed by atoms with E-state index >= 15 is 0 Å². The van der Waals surface area contributed by atoms with Crippen LogP contribution in [0.25, 0.3) is 0 Å². The molecule has 1 aromatic heterocycles. The van der Waals surface area contributed by atoms with E-state index in [4.69, 9.17) is 9.52 Å². The van der Waals surface area contributed by atoms with Gasteiger partial charge in [-0.15, -0.1) is 0 Å². The summed E-state index contributed by atoms with van der Waals surface area (Å²) in [6, 6.07) is 3.54. The van der Waals surface area contributed by atoms with Gasteiger partial charge in [-0.05, 0) is 24.8 Å². The van der Waals surface area contributed by atoms with Crippen molar-refractivity contribution >= 4 is 11.7 Å². The Morgan fingerprint density at radius 3 is 3.06 bits per heavy atom. The summed E-state index contributed by atoms with van der Waals surface area (Å²) < 4.78 is 5.47. The lowest BCUT2D eigenvalue weighted by molar-refractivity contribution is 0.0987. The van der Waals surface area contributed by atoms with E-state index in [1.165, 1.54) is 6.92 Å². The van der Waals surface area contributed by atoms with Gasteiger partial charge in [0.25, 0.3) is 0 Å². The van der Waals surface area contributed by atoms with E-state index < -0.39 is 0 Å². The highest BCUT2D eigenvalue weighted by molar-refractivity contribution is 5.91. The number of ketones is 1. The maximum Gasteiger partial charge on any atom is 0.196 e. The Hall–Kier alpha value is -1.29. The smallest absolute Gasteiger partial charge is 0.196 e. The van der Waals surface area contributed by atoms with Crippen LogP contribution in [0.3, 0.4) is 0 Å². The number of hydrogen-bond donors (Lipinski definition) is 1. The molecule has 2 rings (SSSR count). The van der Waals surface area contributed by atoms with Gasteiger partial charge in [0, 0.05) is 32.7 Å². The summed E-state index contributed by atoms with van der Waals surface area (Å²) >= 11 is 0. The van der Waals surface area contributed by atoms with Gasteiger partial charge in [0.05, 0.1) is 0 Å². The highest BCUT2D eigenvalue weighted by Crippen LogP contribution is 2.25. The molecule has 1 fully saturated rings. The van der Waals surface area contributed by atoms with Crippen LogP contribution < -0.4 is 4.90 Å². The van der Waals surface area contributed by atoms with Gasteiger partial charge in [0.2, 0.25) is 0 Å². The van der Waals surface area contributed by atoms with Crippen LogP contribution in [0.1, 0.15) is 30.3 Å². The van der Waals surface area contributed by atoms with Crippen LogP contribution in [0.5, 0.6) is 0 Å². The number of carbonyl (C=O) groups is 1. The largest absolute Gasteiger partial charge is 0.437 e. The Labute approximate surface area is 94.9 Å². The first kappa shape index (κ1) is 11.2. The van der Waals surface area contributed by atoms with Crippen LogP contribution in [0, 0.1) is 5.92 Å². The van der Waals surface area contributed by atoms with Gasteiger partial charge < -0.3 is 14.4 Å². The Balaban J connectivity index is 2.08. The van der Waals surface area contributed by atoms with Crippen molar-refractivity contribution in [1.82, 2.24) is 0 Å². The molecule has 4 heteroatoms. The number of rotatable bonds is 3. The molecule has 2 heterocycles. The average molecular weight is 223 g/mol. The van der Waals surface area contributed by atoms with Crippen LogP contribution in [0.4, 0.5) is 5.88 Å². The molecule has 88 valence electrons. The van der Waals surface area contributed by atoms with Crippen LogP contribution in [-0.2, 0) is 0 Å². The molecule has 0 bridgehead atoms. The van der Waals surface area contributed by atoms with E-state index in [9.17, 15) is 4.79 Å². The first-order valence-electron chi connectivity index (χ1n) is 5.67. The molecule has 1 unspecified atom stereocenters. The Bertz CT molecular complexity index is 372. The number of furan rings is 1. The number of Topliss-reactive ketones (excluding diaryl/α,β-unsaturated/α-hetero) is 1. The molecule has 1 N–H and O–H groups in total. The molecule has 4 nitrogen and oxygen atoms in total. The molecule has 0 aliphatic carbocycles. The molecular weight excluding hydrogens is 206 g/mol. The van der Waals surface area contributed by atoms with E-state index in [0.717, 1.165) is 31.8 Å². The number of hydrogen-bond acceptors (Lipinski definition) is 4. The summed E-state index contributed by atoms with van der Waals surface area (Å²) in [5.41, 5.74) is 0. The van der Waals surface area contributed by atoms with Gasteiger partial charge >= 0.3 is 0 Å². The van der Waals surface area contributed by atoms with Gasteiger partial charge in [0.15, 0.2) is 17.4 Å². The summed E-state index contributed by atoms with van der Waals surface area (Å²) in [5, 5.41) is 9.14. The summed E-state index contributed by atoms with van der Waals surface area (Å²) in [7, 11) is 0. The van der Waals surface area contributed by atoms with Crippen molar-refractivity contribution in [1.29, 1.82) is 0 Å². The Kier molecular flexibility index (Phi) is 3.29. The molecule has 0 spiro atoms. The highest BCUT2D eigenvalue weighted by Gasteiger charge is 2.21. The number of piperidine rings is 1. The van der Waals surface area contributed by atoms with Crippen molar-refractivity contribution in [3.63, 3.8) is 0 Å². The summed E-state index contributed by atoms with van der Waals surface area (Å²) in [6.07, 6.45) is 2.12. The van der Waals surface area contributed by atoms with Gasteiger partial charge in [-0.1, -0.05) is 0 Å². The minimum Gasteiger partial charge on any atom is -0.437 e. The summed E-state index contributed by atoms with van der Waals surface area (Å²) in [4.78, 5) is 13.2. The van der Waals surface area contributed by atoms with E-state index in [2.05, 4.69) is 4.90 Å². The molecule has 1 aliphatic heterocycles. The second kappa shape index (κ2) is 4.70. The maximum absolute atomic E-state index is 11.1. The Morgan fingerprint density at radius 2 is 2.44 bits per heavy atom. The third kappa shape index (κ3) is 2.27. The minimum absolute atomic E-state index is 0.0537. The van der Waals surface area contributed by atoms with Gasteiger partial charge in [0.1, 0.15) is 0 Å². The molecule has 0 aromatic carbocycles. The fraction of sp³-hybridized carbons (Fsp3) is 0.583. The lowest BCUT2D eigenvalue weighted by atomic mass is 9.99. The van der Waals surface area contributed by atoms with Crippen molar-refractivity contribution in [3.8, 4) is 0 Å². The quantitative estimate of drug-likeness (QED) is 0.792. The zero-order valence-electron chi connectivity index (χ0n) is 9.48. The third-order valence-electron chi connectivity index (χ3n) is 3.03. The van der Waals surface area contributed by atoms with Gasteiger partial charge in [-0.2, -0.15) is 0 Å². The van der Waals surface area contributed by atoms with Crippen LogP contribution in [0.15, 0.2) is 16.5 Å². The van der Waals surface area contributed by atoms with Gasteiger partial charge in [-0.25, -0.2) is 0 Å². The molecule has 1 saturated heterocycles. The zero-order valence-corrected chi connectivity index (χ0v) is 9.48. The molecule has 1 aromatic rings. The van der Waals surface area contributed by atoms with Crippen molar-refractivity contribution in [2.75, 3.05) is 24.6 Å². The third-order valence-corrected chi connectivity index (χ3v) is 3.03. The standard InChI is InChI=1S/C12H17NO3/c1-9(15)11-4-5-12(16-11)13-6-2-3-10(7-13)8-14/h4-5,10,14H,2-3,6-8H2,1H3. The van der Waals surface area contributed by atoms with Crippen molar-refractivity contribution in [3.05, 3.63) is 17.9 Å². The second-order valence-corrected chi connectivity index (χ2v) is 4.33. The minimum atomic E-state index is -0.0537.